The molecule has 0 fully saturated rings. The molecule has 0 bridgehead atoms. The first kappa shape index (κ1) is 18.6. The van der Waals surface area contributed by atoms with E-state index in [-0.39, 0.29) is 0 Å². The van der Waals surface area contributed by atoms with Crippen LogP contribution in [0.1, 0.15) is 17.5 Å². The fraction of sp³-hybridized carbons (Fsp3) is 0.286. The molecule has 1 heterocycles. The zero-order chi connectivity index (χ0) is 19.1. The van der Waals surface area contributed by atoms with Gasteiger partial charge in [0, 0.05) is 23.6 Å². The molecule has 0 saturated carbocycles. The smallest absolute Gasteiger partial charge is 0.188 e. The quantitative estimate of drug-likeness (QED) is 0.325. The molecule has 142 valence electrons. The summed E-state index contributed by atoms with van der Waals surface area (Å²) in [6, 6.07) is 14.1. The van der Waals surface area contributed by atoms with Crippen molar-refractivity contribution in [3.05, 3.63) is 59.8 Å². The Kier molecular flexibility index (Phi) is 6.20. The van der Waals surface area contributed by atoms with Crippen LogP contribution in [0.15, 0.2) is 53.7 Å². The fourth-order valence-electron chi connectivity index (χ4n) is 3.05. The van der Waals surface area contributed by atoms with Crippen molar-refractivity contribution in [3.8, 4) is 11.5 Å². The lowest BCUT2D eigenvalue weighted by molar-refractivity contribution is 0.354. The summed E-state index contributed by atoms with van der Waals surface area (Å²) >= 11 is 0. The number of nitrogens with zero attached hydrogens (tertiary/aromatic N) is 1. The molecule has 0 saturated heterocycles. The van der Waals surface area contributed by atoms with Gasteiger partial charge in [0.15, 0.2) is 17.5 Å². The number of para-hydroxylation sites is 1. The molecule has 6 nitrogen and oxygen atoms in total. The van der Waals surface area contributed by atoms with Crippen molar-refractivity contribution >= 4 is 16.9 Å². The average molecular weight is 366 g/mol. The van der Waals surface area contributed by atoms with Crippen LogP contribution in [0.5, 0.6) is 11.5 Å². The molecule has 0 aliphatic carbocycles. The topological polar surface area (TPSA) is 84.7 Å². The highest BCUT2D eigenvalue weighted by Crippen LogP contribution is 2.27. The molecule has 0 aliphatic rings. The Bertz CT molecular complexity index is 917. The van der Waals surface area contributed by atoms with Crippen LogP contribution in [0, 0.1) is 0 Å². The van der Waals surface area contributed by atoms with E-state index in [1.165, 1.54) is 16.5 Å². The van der Waals surface area contributed by atoms with E-state index in [1.54, 1.807) is 14.2 Å². The number of rotatable bonds is 8. The van der Waals surface area contributed by atoms with Crippen LogP contribution in [0.3, 0.4) is 0 Å². The molecule has 0 atom stereocenters. The van der Waals surface area contributed by atoms with Gasteiger partial charge in [-0.2, -0.15) is 0 Å². The van der Waals surface area contributed by atoms with Crippen LogP contribution in [0.25, 0.3) is 10.9 Å². The van der Waals surface area contributed by atoms with Crippen LogP contribution in [0.2, 0.25) is 0 Å². The van der Waals surface area contributed by atoms with Crippen LogP contribution >= 0.6 is 0 Å². The van der Waals surface area contributed by atoms with Crippen LogP contribution in [-0.2, 0) is 13.0 Å². The third kappa shape index (κ3) is 4.73. The summed E-state index contributed by atoms with van der Waals surface area (Å²) in [4.78, 5) is 7.70. The van der Waals surface area contributed by atoms with Gasteiger partial charge in [-0.15, -0.1) is 0 Å². The molecule has 4 N–H and O–H groups in total. The van der Waals surface area contributed by atoms with E-state index in [9.17, 15) is 0 Å². The SMILES string of the molecule is COc1ccc(CN=C(N)NCCCc2c[nH]c3ccccc23)cc1OC. The number of hydrogen-bond donors (Lipinski definition) is 3. The largest absolute Gasteiger partial charge is 0.493 e. The summed E-state index contributed by atoms with van der Waals surface area (Å²) < 4.78 is 10.5. The monoisotopic (exact) mass is 366 g/mol. The van der Waals surface area contributed by atoms with Gasteiger partial charge in [-0.3, -0.25) is 0 Å². The molecule has 6 heteroatoms. The number of benzene rings is 2. The maximum absolute atomic E-state index is 5.97. The Hall–Kier alpha value is -3.15. The van der Waals surface area contributed by atoms with Gasteiger partial charge in [0.2, 0.25) is 0 Å². The van der Waals surface area contributed by atoms with Gasteiger partial charge in [-0.1, -0.05) is 24.3 Å². The lowest BCUT2D eigenvalue weighted by atomic mass is 10.1. The molecular formula is C21H26N4O2. The summed E-state index contributed by atoms with van der Waals surface area (Å²) in [5, 5.41) is 4.46. The van der Waals surface area contributed by atoms with Crippen molar-refractivity contribution in [1.82, 2.24) is 10.3 Å². The Morgan fingerprint density at radius 1 is 1.11 bits per heavy atom. The van der Waals surface area contributed by atoms with E-state index in [4.69, 9.17) is 15.2 Å². The minimum atomic E-state index is 0.448. The lowest BCUT2D eigenvalue weighted by Crippen LogP contribution is -2.32. The molecule has 3 aromatic rings. The zero-order valence-electron chi connectivity index (χ0n) is 15.8. The number of aromatic nitrogens is 1. The van der Waals surface area contributed by atoms with Crippen molar-refractivity contribution in [2.45, 2.75) is 19.4 Å². The third-order valence-electron chi connectivity index (χ3n) is 4.48. The number of hydrogen-bond acceptors (Lipinski definition) is 3. The van der Waals surface area contributed by atoms with E-state index >= 15 is 0 Å². The number of nitrogens with one attached hydrogen (secondary N) is 2. The third-order valence-corrected chi connectivity index (χ3v) is 4.48. The highest BCUT2D eigenvalue weighted by atomic mass is 16.5. The minimum Gasteiger partial charge on any atom is -0.493 e. The number of H-pyrrole nitrogens is 1. The maximum atomic E-state index is 5.97. The summed E-state index contributed by atoms with van der Waals surface area (Å²) in [6.45, 7) is 1.27. The van der Waals surface area contributed by atoms with Gasteiger partial charge in [0.25, 0.3) is 0 Å². The highest BCUT2D eigenvalue weighted by molar-refractivity contribution is 5.83. The first-order valence-corrected chi connectivity index (χ1v) is 9.01. The molecule has 0 radical (unpaired) electrons. The van der Waals surface area contributed by atoms with Crippen molar-refractivity contribution in [2.75, 3.05) is 20.8 Å². The molecule has 0 unspecified atom stereocenters. The number of methoxy groups -OCH3 is 2. The second-order valence-corrected chi connectivity index (χ2v) is 6.28. The predicted octanol–water partition coefficient (Wildman–Crippen LogP) is 3.22. The standard InChI is InChI=1S/C21H26N4O2/c1-26-19-10-9-15(12-20(19)27-2)13-25-21(22)23-11-5-6-16-14-24-18-8-4-3-7-17(16)18/h3-4,7-10,12,14,24H,5-6,11,13H2,1-2H3,(H3,22,23,25). The Morgan fingerprint density at radius 2 is 1.93 bits per heavy atom. The number of nitrogens with two attached hydrogens (primary N) is 1. The first-order chi connectivity index (χ1) is 13.2. The second-order valence-electron chi connectivity index (χ2n) is 6.28. The number of aryl methyl sites for hydroxylation is 1. The Balaban J connectivity index is 1.47. The van der Waals surface area contributed by atoms with E-state index in [0.717, 1.165) is 24.9 Å². The number of aliphatic imine (C=N–C) groups is 1. The van der Waals surface area contributed by atoms with E-state index in [1.807, 2.05) is 24.3 Å². The number of aromatic amines is 1. The molecule has 3 rings (SSSR count). The molecule has 27 heavy (non-hydrogen) atoms. The molecule has 0 aliphatic heterocycles. The summed E-state index contributed by atoms with van der Waals surface area (Å²) in [5.74, 6) is 1.84. The maximum Gasteiger partial charge on any atom is 0.188 e. The van der Waals surface area contributed by atoms with Gasteiger partial charge in [0.05, 0.1) is 20.8 Å². The normalized spacial score (nSPS) is 11.6. The number of guanidine groups is 1. The summed E-state index contributed by atoms with van der Waals surface area (Å²) in [7, 11) is 3.24. The van der Waals surface area contributed by atoms with Crippen molar-refractivity contribution in [2.24, 2.45) is 10.7 Å². The molecule has 2 aromatic carbocycles. The van der Waals surface area contributed by atoms with Gasteiger partial charge in [0.1, 0.15) is 0 Å². The van der Waals surface area contributed by atoms with E-state index in [2.05, 4.69) is 39.7 Å². The van der Waals surface area contributed by atoms with Crippen LogP contribution < -0.4 is 20.5 Å². The van der Waals surface area contributed by atoms with Gasteiger partial charge in [-0.25, -0.2) is 4.99 Å². The predicted molar refractivity (Wildman–Crippen MR) is 109 cm³/mol. The second kappa shape index (κ2) is 8.98. The Labute approximate surface area is 159 Å². The van der Waals surface area contributed by atoms with Crippen molar-refractivity contribution in [3.63, 3.8) is 0 Å². The molecular weight excluding hydrogens is 340 g/mol. The highest BCUT2D eigenvalue weighted by Gasteiger charge is 2.05. The fourth-order valence-corrected chi connectivity index (χ4v) is 3.05. The van der Waals surface area contributed by atoms with E-state index < -0.39 is 0 Å². The molecule has 0 amide bonds. The molecule has 1 aromatic heterocycles. The van der Waals surface area contributed by atoms with Crippen LogP contribution in [0.4, 0.5) is 0 Å². The lowest BCUT2D eigenvalue weighted by Gasteiger charge is -2.09. The summed E-state index contributed by atoms with van der Waals surface area (Å²) in [6.07, 6.45) is 4.05. The van der Waals surface area contributed by atoms with Gasteiger partial charge in [-0.05, 0) is 42.2 Å². The first-order valence-electron chi connectivity index (χ1n) is 9.01. The van der Waals surface area contributed by atoms with Crippen molar-refractivity contribution < 1.29 is 9.47 Å². The van der Waals surface area contributed by atoms with Crippen molar-refractivity contribution in [1.29, 1.82) is 0 Å². The zero-order valence-corrected chi connectivity index (χ0v) is 15.8. The minimum absolute atomic E-state index is 0.448. The van der Waals surface area contributed by atoms with E-state index in [0.29, 0.717) is 24.0 Å². The molecule has 0 spiro atoms. The van der Waals surface area contributed by atoms with Gasteiger partial charge < -0.3 is 25.5 Å². The van der Waals surface area contributed by atoms with Gasteiger partial charge >= 0.3 is 0 Å². The number of ether oxygens (including phenoxy) is 2. The van der Waals surface area contributed by atoms with Crippen LogP contribution in [-0.4, -0.2) is 31.7 Å². The number of fused-ring (bicyclic) bond motifs is 1. The Morgan fingerprint density at radius 3 is 2.74 bits per heavy atom. The summed E-state index contributed by atoms with van der Waals surface area (Å²) in [5.41, 5.74) is 9.49. The average Bonchev–Trinajstić information content (AvgIpc) is 3.12.